The summed E-state index contributed by atoms with van der Waals surface area (Å²) in [5.41, 5.74) is 2.84. The molecular weight excluding hydrogens is 407 g/mol. The van der Waals surface area contributed by atoms with Gasteiger partial charge in [-0.2, -0.15) is 0 Å². The second kappa shape index (κ2) is 9.55. The van der Waals surface area contributed by atoms with E-state index in [1.165, 1.54) is 12.1 Å². The lowest BCUT2D eigenvalue weighted by Gasteiger charge is -2.32. The quantitative estimate of drug-likeness (QED) is 0.529. The van der Waals surface area contributed by atoms with Crippen LogP contribution in [0, 0.1) is 11.7 Å². The van der Waals surface area contributed by atoms with Gasteiger partial charge in [0, 0.05) is 49.6 Å². The summed E-state index contributed by atoms with van der Waals surface area (Å²) in [6.07, 6.45) is 3.76. The van der Waals surface area contributed by atoms with Gasteiger partial charge in [-0.1, -0.05) is 30.3 Å². The van der Waals surface area contributed by atoms with E-state index in [-0.39, 0.29) is 36.0 Å². The van der Waals surface area contributed by atoms with Crippen molar-refractivity contribution in [3.8, 4) is 0 Å². The molecule has 1 fully saturated rings. The largest absolute Gasteiger partial charge is 0.466 e. The van der Waals surface area contributed by atoms with E-state index >= 15 is 0 Å². The van der Waals surface area contributed by atoms with Crippen LogP contribution in [-0.4, -0.2) is 41.0 Å². The number of para-hydroxylation sites is 1. The Morgan fingerprint density at radius 1 is 1.19 bits per heavy atom. The van der Waals surface area contributed by atoms with Crippen molar-refractivity contribution in [3.05, 3.63) is 71.7 Å². The number of fused-ring (bicyclic) bond motifs is 1. The summed E-state index contributed by atoms with van der Waals surface area (Å²) in [6, 6.07) is 14.5. The van der Waals surface area contributed by atoms with Gasteiger partial charge in [0.05, 0.1) is 12.5 Å². The average Bonchev–Trinajstić information content (AvgIpc) is 3.14. The molecule has 6 heteroatoms. The van der Waals surface area contributed by atoms with Crippen LogP contribution in [0.2, 0.25) is 0 Å². The lowest BCUT2D eigenvalue weighted by molar-refractivity contribution is -0.151. The number of carbonyl (C=O) groups excluding carboxylic acids is 2. The van der Waals surface area contributed by atoms with Crippen LogP contribution in [0.3, 0.4) is 0 Å². The third kappa shape index (κ3) is 4.54. The van der Waals surface area contributed by atoms with Crippen molar-refractivity contribution in [2.24, 2.45) is 13.0 Å². The predicted molar refractivity (Wildman–Crippen MR) is 122 cm³/mol. The number of rotatable bonds is 6. The first kappa shape index (κ1) is 22.1. The highest BCUT2D eigenvalue weighted by Gasteiger charge is 2.31. The second-order valence-corrected chi connectivity index (χ2v) is 8.46. The highest BCUT2D eigenvalue weighted by Crippen LogP contribution is 2.35. The van der Waals surface area contributed by atoms with Gasteiger partial charge in [-0.05, 0) is 49.1 Å². The van der Waals surface area contributed by atoms with E-state index < -0.39 is 0 Å². The number of amides is 1. The zero-order valence-electron chi connectivity index (χ0n) is 18.6. The standard InChI is InChI=1S/C26H29FN2O3/c1-3-32-26(31)19-9-7-13-29(16-19)25(30)15-22(18-8-6-10-20(27)14-18)23-17-28(2)24-12-5-4-11-21(23)24/h4-6,8,10-12,14,17,19,22H,3,7,9,13,15-16H2,1-2H3/t19-,22+/m0/s1. The van der Waals surface area contributed by atoms with Crippen molar-refractivity contribution in [2.75, 3.05) is 19.7 Å². The van der Waals surface area contributed by atoms with Crippen LogP contribution in [0.15, 0.2) is 54.7 Å². The third-order valence-electron chi connectivity index (χ3n) is 6.33. The van der Waals surface area contributed by atoms with Gasteiger partial charge in [0.2, 0.25) is 5.91 Å². The van der Waals surface area contributed by atoms with Crippen LogP contribution < -0.4 is 0 Å². The van der Waals surface area contributed by atoms with Crippen molar-refractivity contribution in [3.63, 3.8) is 0 Å². The first-order chi connectivity index (χ1) is 15.5. The minimum absolute atomic E-state index is 0.0267. The second-order valence-electron chi connectivity index (χ2n) is 8.46. The van der Waals surface area contributed by atoms with E-state index in [2.05, 4.69) is 0 Å². The fraction of sp³-hybridized carbons (Fsp3) is 0.385. The van der Waals surface area contributed by atoms with Crippen molar-refractivity contribution in [1.29, 1.82) is 0 Å². The van der Waals surface area contributed by atoms with E-state index in [0.29, 0.717) is 19.7 Å². The molecule has 3 aromatic rings. The number of carbonyl (C=O) groups is 2. The van der Waals surface area contributed by atoms with Gasteiger partial charge in [-0.3, -0.25) is 9.59 Å². The molecule has 32 heavy (non-hydrogen) atoms. The lowest BCUT2D eigenvalue weighted by Crippen LogP contribution is -2.43. The van der Waals surface area contributed by atoms with Crippen LogP contribution in [-0.2, 0) is 21.4 Å². The van der Waals surface area contributed by atoms with Crippen molar-refractivity contribution in [1.82, 2.24) is 9.47 Å². The van der Waals surface area contributed by atoms with Crippen molar-refractivity contribution in [2.45, 2.75) is 32.1 Å². The van der Waals surface area contributed by atoms with Gasteiger partial charge >= 0.3 is 5.97 Å². The maximum Gasteiger partial charge on any atom is 0.310 e. The minimum atomic E-state index is -0.319. The Kier molecular flexibility index (Phi) is 6.58. The lowest BCUT2D eigenvalue weighted by atomic mass is 9.87. The monoisotopic (exact) mass is 436 g/mol. The first-order valence-corrected chi connectivity index (χ1v) is 11.2. The summed E-state index contributed by atoms with van der Waals surface area (Å²) in [5, 5.41) is 1.06. The SMILES string of the molecule is CCOC(=O)[C@H]1CCCN(C(=O)C[C@H](c2cccc(F)c2)c2cn(C)c3ccccc23)C1. The number of nitrogens with zero attached hydrogens (tertiary/aromatic N) is 2. The summed E-state index contributed by atoms with van der Waals surface area (Å²) < 4.78 is 21.3. The molecule has 0 unspecified atom stereocenters. The summed E-state index contributed by atoms with van der Waals surface area (Å²) >= 11 is 0. The van der Waals surface area contributed by atoms with Gasteiger partial charge < -0.3 is 14.2 Å². The Balaban J connectivity index is 1.64. The van der Waals surface area contributed by atoms with Crippen LogP contribution in [0.5, 0.6) is 0 Å². The predicted octanol–water partition coefficient (Wildman–Crippen LogP) is 4.64. The van der Waals surface area contributed by atoms with Crippen LogP contribution >= 0.6 is 0 Å². The molecule has 1 aliphatic rings. The molecule has 5 nitrogen and oxygen atoms in total. The van der Waals surface area contributed by atoms with E-state index in [1.54, 1.807) is 17.9 Å². The van der Waals surface area contributed by atoms with Gasteiger partial charge in [-0.15, -0.1) is 0 Å². The zero-order valence-corrected chi connectivity index (χ0v) is 18.6. The average molecular weight is 437 g/mol. The van der Waals surface area contributed by atoms with Gasteiger partial charge in [0.15, 0.2) is 0 Å². The normalized spacial score (nSPS) is 17.3. The minimum Gasteiger partial charge on any atom is -0.466 e. The summed E-state index contributed by atoms with van der Waals surface area (Å²) in [6.45, 7) is 3.13. The van der Waals surface area contributed by atoms with Gasteiger partial charge in [-0.25, -0.2) is 4.39 Å². The van der Waals surface area contributed by atoms with Gasteiger partial charge in [0.25, 0.3) is 0 Å². The number of hydrogen-bond acceptors (Lipinski definition) is 3. The van der Waals surface area contributed by atoms with Crippen LogP contribution in [0.1, 0.15) is 43.2 Å². The fourth-order valence-corrected chi connectivity index (χ4v) is 4.74. The smallest absolute Gasteiger partial charge is 0.310 e. The maximum atomic E-state index is 14.1. The number of likely N-dealkylation sites (tertiary alicyclic amines) is 1. The Morgan fingerprint density at radius 3 is 2.78 bits per heavy atom. The number of aromatic nitrogens is 1. The number of esters is 1. The third-order valence-corrected chi connectivity index (χ3v) is 6.33. The summed E-state index contributed by atoms with van der Waals surface area (Å²) in [5.74, 6) is -1.15. The molecule has 1 saturated heterocycles. The molecule has 2 atom stereocenters. The van der Waals surface area contributed by atoms with E-state index in [9.17, 15) is 14.0 Å². The van der Waals surface area contributed by atoms with E-state index in [0.717, 1.165) is 34.9 Å². The molecule has 2 aromatic carbocycles. The number of ether oxygens (including phenoxy) is 1. The molecule has 0 bridgehead atoms. The first-order valence-electron chi connectivity index (χ1n) is 11.2. The Hall–Kier alpha value is -3.15. The Morgan fingerprint density at radius 2 is 2.00 bits per heavy atom. The molecule has 1 amide bonds. The van der Waals surface area contributed by atoms with Crippen LogP contribution in [0.25, 0.3) is 10.9 Å². The summed E-state index contributed by atoms with van der Waals surface area (Å²) in [7, 11) is 1.98. The van der Waals surface area contributed by atoms with E-state index in [1.807, 2.05) is 48.1 Å². The van der Waals surface area contributed by atoms with Crippen molar-refractivity contribution < 1.29 is 18.7 Å². The molecule has 4 rings (SSSR count). The molecule has 1 aliphatic heterocycles. The van der Waals surface area contributed by atoms with Crippen molar-refractivity contribution >= 4 is 22.8 Å². The molecule has 2 heterocycles. The van der Waals surface area contributed by atoms with E-state index in [4.69, 9.17) is 4.74 Å². The maximum absolute atomic E-state index is 14.1. The number of hydrogen-bond donors (Lipinski definition) is 0. The number of aryl methyl sites for hydroxylation is 1. The molecular formula is C26H29FN2O3. The highest BCUT2D eigenvalue weighted by molar-refractivity contribution is 5.87. The fourth-order valence-electron chi connectivity index (χ4n) is 4.74. The molecule has 0 N–H and O–H groups in total. The number of piperidine rings is 1. The molecule has 0 spiro atoms. The Labute approximate surface area is 187 Å². The molecule has 0 radical (unpaired) electrons. The highest BCUT2D eigenvalue weighted by atomic mass is 19.1. The molecule has 168 valence electrons. The van der Waals surface area contributed by atoms with Gasteiger partial charge in [0.1, 0.15) is 5.82 Å². The zero-order chi connectivity index (χ0) is 22.7. The number of halogens is 1. The number of benzene rings is 2. The molecule has 1 aromatic heterocycles. The molecule has 0 saturated carbocycles. The topological polar surface area (TPSA) is 51.5 Å². The Bertz CT molecular complexity index is 1120. The molecule has 0 aliphatic carbocycles. The van der Waals surface area contributed by atoms with Crippen LogP contribution in [0.4, 0.5) is 4.39 Å². The summed E-state index contributed by atoms with van der Waals surface area (Å²) in [4.78, 5) is 27.4.